The first-order valence-electron chi connectivity index (χ1n) is 7.22. The fraction of sp³-hybridized carbons (Fsp3) is 0.188. The van der Waals surface area contributed by atoms with E-state index in [1.807, 2.05) is 12.3 Å². The summed E-state index contributed by atoms with van der Waals surface area (Å²) in [5, 5.41) is 5.08. The van der Waals surface area contributed by atoms with Crippen LogP contribution in [0, 0.1) is 6.92 Å². The Hall–Kier alpha value is -2.68. The number of aromatic nitrogens is 3. The van der Waals surface area contributed by atoms with Gasteiger partial charge < -0.3 is 5.32 Å². The number of alkyl halides is 3. The van der Waals surface area contributed by atoms with Gasteiger partial charge in [0.25, 0.3) is 5.03 Å². The van der Waals surface area contributed by atoms with Crippen molar-refractivity contribution in [2.24, 2.45) is 7.05 Å². The second-order valence-electron chi connectivity index (χ2n) is 5.34. The number of hydrogen-bond acceptors (Lipinski definition) is 4. The number of anilines is 2. The molecular weight excluding hydrogens is 353 g/mol. The molecule has 2 aromatic heterocycles. The molecule has 1 aromatic carbocycles. The van der Waals surface area contributed by atoms with Gasteiger partial charge in [0, 0.05) is 25.0 Å². The number of hydrogen-bond donors (Lipinski definition) is 1. The van der Waals surface area contributed by atoms with E-state index < -0.39 is 22.2 Å². The quantitative estimate of drug-likeness (QED) is 0.712. The van der Waals surface area contributed by atoms with Gasteiger partial charge in [0.2, 0.25) is 5.95 Å². The molecule has 0 radical (unpaired) electrons. The zero-order valence-electron chi connectivity index (χ0n) is 13.3. The number of nitrogens with one attached hydrogen (secondary N) is 1. The van der Waals surface area contributed by atoms with Gasteiger partial charge in [-0.1, -0.05) is 6.07 Å². The molecule has 1 atom stereocenters. The van der Waals surface area contributed by atoms with Crippen molar-refractivity contribution in [2.75, 3.05) is 5.32 Å². The number of aryl methyl sites for hydroxylation is 1. The van der Waals surface area contributed by atoms with Crippen LogP contribution in [0.3, 0.4) is 0 Å². The molecule has 0 fully saturated rings. The van der Waals surface area contributed by atoms with Gasteiger partial charge >= 0.3 is 11.0 Å². The Morgan fingerprint density at radius 3 is 2.64 bits per heavy atom. The van der Waals surface area contributed by atoms with E-state index in [0.29, 0.717) is 5.03 Å². The van der Waals surface area contributed by atoms with Crippen LogP contribution in [-0.4, -0.2) is 14.5 Å². The van der Waals surface area contributed by atoms with Crippen LogP contribution in [0.2, 0.25) is 0 Å². The van der Waals surface area contributed by atoms with Crippen LogP contribution in [0.15, 0.2) is 46.7 Å². The average molecular weight is 367 g/mol. The average Bonchev–Trinajstić information content (AvgIpc) is 2.82. The Bertz CT molecular complexity index is 978. The predicted octanol–water partition coefficient (Wildman–Crippen LogP) is 3.98. The van der Waals surface area contributed by atoms with Crippen molar-refractivity contribution in [3.05, 3.63) is 62.8 Å². The van der Waals surface area contributed by atoms with Crippen LogP contribution >= 0.6 is 10.5 Å². The van der Waals surface area contributed by atoms with Gasteiger partial charge in [-0.3, -0.25) is 4.57 Å². The summed E-state index contributed by atoms with van der Waals surface area (Å²) in [5.41, 5.74) is 0.290. The monoisotopic (exact) mass is 367 g/mol. The highest BCUT2D eigenvalue weighted by molar-refractivity contribution is 7.36. The van der Waals surface area contributed by atoms with Crippen molar-refractivity contribution in [3.8, 4) is 5.03 Å². The minimum absolute atomic E-state index is 0.0822. The van der Waals surface area contributed by atoms with Gasteiger partial charge in [-0.2, -0.15) is 18.2 Å². The molecule has 0 aliphatic heterocycles. The second-order valence-corrected chi connectivity index (χ2v) is 7.02. The van der Waals surface area contributed by atoms with Crippen molar-refractivity contribution in [2.45, 2.75) is 13.1 Å². The Labute approximate surface area is 143 Å². The normalized spacial score (nSPS) is 12.3. The van der Waals surface area contributed by atoms with Crippen molar-refractivity contribution < 1.29 is 13.2 Å². The van der Waals surface area contributed by atoms with Gasteiger partial charge in [0.15, 0.2) is 5.38 Å². The molecule has 25 heavy (non-hydrogen) atoms. The molecule has 0 spiro atoms. The Balaban J connectivity index is 1.93. The molecule has 5 nitrogen and oxygen atoms in total. The molecule has 0 amide bonds. The van der Waals surface area contributed by atoms with Crippen molar-refractivity contribution in [3.63, 3.8) is 0 Å². The molecule has 0 bridgehead atoms. The summed E-state index contributed by atoms with van der Waals surface area (Å²) in [4.78, 5) is 20.4. The van der Waals surface area contributed by atoms with E-state index in [1.165, 1.54) is 18.3 Å². The first kappa shape index (κ1) is 17.2. The van der Waals surface area contributed by atoms with E-state index in [2.05, 4.69) is 15.3 Å². The maximum atomic E-state index is 12.8. The number of halogens is 3. The van der Waals surface area contributed by atoms with E-state index in [1.54, 1.807) is 17.7 Å². The summed E-state index contributed by atoms with van der Waals surface area (Å²) in [6, 6.07) is 6.40. The standard InChI is InChI=1S/C16H14F3N4OS/c1-10-9-25(15(24)23(10)2)13-6-7-20-14(22-13)21-12-5-3-4-11(8-12)16(17,18)19/h3-9H,1-2H3,(H,20,21,22)/q+1. The van der Waals surface area contributed by atoms with E-state index in [4.69, 9.17) is 0 Å². The lowest BCUT2D eigenvalue weighted by Crippen LogP contribution is -2.11. The highest BCUT2D eigenvalue weighted by Gasteiger charge is 2.30. The molecule has 0 saturated carbocycles. The molecule has 0 saturated heterocycles. The molecule has 130 valence electrons. The third kappa shape index (κ3) is 3.55. The van der Waals surface area contributed by atoms with Crippen molar-refractivity contribution in [1.29, 1.82) is 0 Å². The third-order valence-corrected chi connectivity index (χ3v) is 5.49. The van der Waals surface area contributed by atoms with Crippen molar-refractivity contribution in [1.82, 2.24) is 14.5 Å². The Morgan fingerprint density at radius 2 is 2.00 bits per heavy atom. The molecule has 1 unspecified atom stereocenters. The summed E-state index contributed by atoms with van der Waals surface area (Å²) in [5.74, 6) is 0.137. The fourth-order valence-electron chi connectivity index (χ4n) is 2.17. The third-order valence-electron chi connectivity index (χ3n) is 3.58. The summed E-state index contributed by atoms with van der Waals surface area (Å²) in [6.45, 7) is 1.83. The van der Waals surface area contributed by atoms with Gasteiger partial charge in [0.05, 0.1) is 11.3 Å². The fourth-order valence-corrected chi connectivity index (χ4v) is 3.90. The topological polar surface area (TPSA) is 59.8 Å². The highest BCUT2D eigenvalue weighted by Crippen LogP contribution is 2.31. The largest absolute Gasteiger partial charge is 0.464 e. The SMILES string of the molecule is Cc1c[s+](-c2ccnc(Nc3cccc(C(F)(F)F)c3)n2)c(=O)n1C. The van der Waals surface area contributed by atoms with Gasteiger partial charge in [-0.25, -0.2) is 9.78 Å². The first-order valence-corrected chi connectivity index (χ1v) is 8.51. The molecular formula is C16H14F3N4OS+. The zero-order chi connectivity index (χ0) is 18.2. The molecule has 0 aliphatic rings. The maximum absolute atomic E-state index is 12.8. The predicted molar refractivity (Wildman–Crippen MR) is 90.6 cm³/mol. The summed E-state index contributed by atoms with van der Waals surface area (Å²) in [7, 11) is 0.856. The molecule has 2 heterocycles. The molecule has 3 rings (SSSR count). The Morgan fingerprint density at radius 1 is 1.24 bits per heavy atom. The molecule has 1 N–H and O–H groups in total. The lowest BCUT2D eigenvalue weighted by Gasteiger charge is -2.09. The van der Waals surface area contributed by atoms with Gasteiger partial charge in [0.1, 0.15) is 10.5 Å². The summed E-state index contributed by atoms with van der Waals surface area (Å²) >= 11 is 0. The van der Waals surface area contributed by atoms with E-state index >= 15 is 0 Å². The molecule has 0 aliphatic carbocycles. The number of thiazole rings is 1. The Kier molecular flexibility index (Phi) is 4.34. The van der Waals surface area contributed by atoms with Crippen LogP contribution in [0.25, 0.3) is 5.03 Å². The van der Waals surface area contributed by atoms with Crippen LogP contribution in [-0.2, 0) is 13.2 Å². The van der Waals surface area contributed by atoms with Crippen molar-refractivity contribution >= 4 is 22.1 Å². The summed E-state index contributed by atoms with van der Waals surface area (Å²) in [6.07, 6.45) is -2.95. The van der Waals surface area contributed by atoms with Gasteiger partial charge in [-0.05, 0) is 25.1 Å². The number of nitrogens with zero attached hydrogens (tertiary/aromatic N) is 3. The minimum Gasteiger partial charge on any atom is -0.324 e. The smallest absolute Gasteiger partial charge is 0.324 e. The first-order chi connectivity index (χ1) is 11.8. The van der Waals surface area contributed by atoms with Crippen LogP contribution in [0.5, 0.6) is 0 Å². The lowest BCUT2D eigenvalue weighted by atomic mass is 10.2. The van der Waals surface area contributed by atoms with E-state index in [0.717, 1.165) is 17.8 Å². The zero-order valence-corrected chi connectivity index (χ0v) is 14.1. The van der Waals surface area contributed by atoms with E-state index in [-0.39, 0.29) is 16.5 Å². The molecule has 3 aromatic rings. The highest BCUT2D eigenvalue weighted by atomic mass is 32.2. The minimum atomic E-state index is -4.43. The van der Waals surface area contributed by atoms with Crippen LogP contribution in [0.1, 0.15) is 11.3 Å². The number of benzene rings is 1. The second kappa shape index (κ2) is 6.32. The number of rotatable bonds is 3. The van der Waals surface area contributed by atoms with Crippen LogP contribution in [0.4, 0.5) is 24.8 Å². The van der Waals surface area contributed by atoms with Crippen LogP contribution < -0.4 is 10.2 Å². The molecule has 9 heteroatoms. The maximum Gasteiger partial charge on any atom is 0.464 e. The van der Waals surface area contributed by atoms with Gasteiger partial charge in [-0.15, -0.1) is 0 Å². The lowest BCUT2D eigenvalue weighted by molar-refractivity contribution is -0.137. The van der Waals surface area contributed by atoms with E-state index in [9.17, 15) is 18.0 Å². The summed E-state index contributed by atoms with van der Waals surface area (Å²) < 4.78 is 39.9.